The van der Waals surface area contributed by atoms with E-state index in [2.05, 4.69) is 20.3 Å². The van der Waals surface area contributed by atoms with E-state index in [0.717, 1.165) is 10.4 Å². The second-order valence-electron chi connectivity index (χ2n) is 7.58. The molecule has 176 valence electrons. The maximum Gasteiger partial charge on any atom is 0.326 e. The summed E-state index contributed by atoms with van der Waals surface area (Å²) >= 11 is 1.21. The van der Waals surface area contributed by atoms with Crippen LogP contribution in [0.25, 0.3) is 11.0 Å². The van der Waals surface area contributed by atoms with Crippen LogP contribution in [0.5, 0.6) is 5.88 Å². The fourth-order valence-corrected chi connectivity index (χ4v) is 5.25. The van der Waals surface area contributed by atoms with Crippen molar-refractivity contribution in [1.82, 2.24) is 20.3 Å². The first-order valence-corrected chi connectivity index (χ1v) is 11.1. The first-order valence-electron chi connectivity index (χ1n) is 10.3. The van der Waals surface area contributed by atoms with Gasteiger partial charge >= 0.3 is 11.9 Å². The lowest BCUT2D eigenvalue weighted by atomic mass is 9.74. The van der Waals surface area contributed by atoms with Crippen LogP contribution in [0, 0.1) is 0 Å². The molecule has 3 rings (SSSR count). The number of aromatic amines is 1. The second-order valence-corrected chi connectivity index (χ2v) is 8.66. The average Bonchev–Trinajstić information content (AvgIpc) is 3.41. The molecule has 0 fully saturated rings. The SMILES string of the molecule is CCC(CC)(c1ccc(C(=O)N[C@@H](CCC(=O)O)C(=O)O)s1)c1c[nH]c2nc(N)nc(O)c12. The topological polar surface area (TPSA) is 192 Å². The molecule has 0 aliphatic rings. The molecule has 0 saturated heterocycles. The standard InChI is InChI=1S/C21H25N5O6S/c1-3-21(4-2,10-9-23-16-15(10)18(30)26-20(22)25-16)13-7-6-12(33-13)17(29)24-11(19(31)32)5-8-14(27)28/h6-7,9,11H,3-5,8H2,1-2H3,(H,24,29)(H,27,28)(H,31,32)(H4,22,23,25,26,30)/t11-/m0/s1. The average molecular weight is 476 g/mol. The summed E-state index contributed by atoms with van der Waals surface area (Å²) < 4.78 is 0. The molecule has 0 aliphatic heterocycles. The number of carboxylic acid groups (broad SMARTS) is 2. The van der Waals surface area contributed by atoms with Gasteiger partial charge in [-0.2, -0.15) is 9.97 Å². The van der Waals surface area contributed by atoms with Crippen LogP contribution >= 0.6 is 11.3 Å². The summed E-state index contributed by atoms with van der Waals surface area (Å²) in [6, 6.07) is 2.09. The highest BCUT2D eigenvalue weighted by molar-refractivity contribution is 7.14. The van der Waals surface area contributed by atoms with Crippen molar-refractivity contribution in [1.29, 1.82) is 0 Å². The lowest BCUT2D eigenvalue weighted by molar-refractivity contribution is -0.140. The monoisotopic (exact) mass is 475 g/mol. The Hall–Kier alpha value is -3.67. The predicted octanol–water partition coefficient (Wildman–Crippen LogP) is 2.46. The van der Waals surface area contributed by atoms with Crippen LogP contribution in [-0.2, 0) is 15.0 Å². The van der Waals surface area contributed by atoms with Gasteiger partial charge in [0.2, 0.25) is 11.8 Å². The highest BCUT2D eigenvalue weighted by Gasteiger charge is 2.36. The molecule has 0 saturated carbocycles. The van der Waals surface area contributed by atoms with E-state index in [0.29, 0.717) is 28.8 Å². The number of fused-ring (bicyclic) bond motifs is 1. The van der Waals surface area contributed by atoms with Gasteiger partial charge in [0, 0.05) is 22.9 Å². The van der Waals surface area contributed by atoms with Gasteiger partial charge in [-0.3, -0.25) is 9.59 Å². The highest BCUT2D eigenvalue weighted by Crippen LogP contribution is 2.46. The first kappa shape index (κ1) is 24.0. The highest BCUT2D eigenvalue weighted by atomic mass is 32.1. The number of nitrogens with two attached hydrogens (primary N) is 1. The number of thiophene rings is 1. The summed E-state index contributed by atoms with van der Waals surface area (Å²) in [5.41, 5.74) is 6.22. The van der Waals surface area contributed by atoms with E-state index in [-0.39, 0.29) is 24.7 Å². The molecule has 0 spiro atoms. The predicted molar refractivity (Wildman–Crippen MR) is 121 cm³/mol. The van der Waals surface area contributed by atoms with Crippen molar-refractivity contribution in [3.63, 3.8) is 0 Å². The van der Waals surface area contributed by atoms with Gasteiger partial charge in [0.25, 0.3) is 5.91 Å². The molecule has 7 N–H and O–H groups in total. The maximum absolute atomic E-state index is 12.7. The van der Waals surface area contributed by atoms with E-state index < -0.39 is 29.3 Å². The normalized spacial score (nSPS) is 12.5. The summed E-state index contributed by atoms with van der Waals surface area (Å²) in [5, 5.41) is 31.4. The largest absolute Gasteiger partial charge is 0.493 e. The molecule has 0 unspecified atom stereocenters. The molecule has 0 radical (unpaired) electrons. The minimum atomic E-state index is -1.31. The number of H-pyrrole nitrogens is 1. The summed E-state index contributed by atoms with van der Waals surface area (Å²) in [6.07, 6.45) is 2.42. The van der Waals surface area contributed by atoms with E-state index in [4.69, 9.17) is 10.8 Å². The smallest absolute Gasteiger partial charge is 0.326 e. The number of amides is 1. The molecule has 3 aromatic rings. The number of aliphatic carboxylic acids is 2. The van der Waals surface area contributed by atoms with Gasteiger partial charge < -0.3 is 31.4 Å². The maximum atomic E-state index is 12.7. The number of nitrogens with zero attached hydrogens (tertiary/aromatic N) is 2. The Morgan fingerprint density at radius 2 is 1.91 bits per heavy atom. The number of nitrogen functional groups attached to an aromatic ring is 1. The molecule has 12 heteroatoms. The Morgan fingerprint density at radius 3 is 2.52 bits per heavy atom. The van der Waals surface area contributed by atoms with Gasteiger partial charge in [0.1, 0.15) is 11.7 Å². The van der Waals surface area contributed by atoms with Crippen molar-refractivity contribution in [2.75, 3.05) is 5.73 Å². The quantitative estimate of drug-likeness (QED) is 0.255. The Bertz CT molecular complexity index is 1200. The van der Waals surface area contributed by atoms with Crippen LogP contribution < -0.4 is 11.1 Å². The molecule has 3 heterocycles. The molecule has 11 nitrogen and oxygen atoms in total. The fourth-order valence-electron chi connectivity index (χ4n) is 3.99. The zero-order valence-corrected chi connectivity index (χ0v) is 18.9. The summed E-state index contributed by atoms with van der Waals surface area (Å²) in [5.74, 6) is -3.33. The molecule has 1 atom stereocenters. The number of carbonyl (C=O) groups is 3. The number of carboxylic acids is 2. The van der Waals surface area contributed by atoms with Crippen LogP contribution in [0.4, 0.5) is 5.95 Å². The van der Waals surface area contributed by atoms with Gasteiger partial charge in [0.05, 0.1) is 10.3 Å². The van der Waals surface area contributed by atoms with Crippen LogP contribution in [0.15, 0.2) is 18.3 Å². The number of hydrogen-bond donors (Lipinski definition) is 6. The molecule has 0 aromatic carbocycles. The zero-order valence-electron chi connectivity index (χ0n) is 18.1. The molecule has 1 amide bonds. The van der Waals surface area contributed by atoms with Gasteiger partial charge in [0.15, 0.2) is 0 Å². The molecule has 3 aromatic heterocycles. The van der Waals surface area contributed by atoms with E-state index in [1.54, 1.807) is 18.3 Å². The Labute approximate surface area is 192 Å². The molecule has 0 bridgehead atoms. The summed E-state index contributed by atoms with van der Waals surface area (Å²) in [4.78, 5) is 47.1. The second kappa shape index (κ2) is 9.45. The number of anilines is 1. The number of nitrogens with one attached hydrogen (secondary N) is 2. The summed E-state index contributed by atoms with van der Waals surface area (Å²) in [6.45, 7) is 3.98. The third-order valence-electron chi connectivity index (χ3n) is 5.80. The third kappa shape index (κ3) is 4.60. The van der Waals surface area contributed by atoms with Crippen molar-refractivity contribution >= 4 is 46.2 Å². The first-order chi connectivity index (χ1) is 15.6. The van der Waals surface area contributed by atoms with Crippen LogP contribution in [0.3, 0.4) is 0 Å². The van der Waals surface area contributed by atoms with E-state index in [1.807, 2.05) is 13.8 Å². The molecular weight excluding hydrogens is 450 g/mol. The third-order valence-corrected chi connectivity index (χ3v) is 7.09. The van der Waals surface area contributed by atoms with Gasteiger partial charge in [-0.25, -0.2) is 4.79 Å². The molecule has 0 aliphatic carbocycles. The van der Waals surface area contributed by atoms with E-state index >= 15 is 0 Å². The van der Waals surface area contributed by atoms with Gasteiger partial charge in [-0.1, -0.05) is 13.8 Å². The minimum Gasteiger partial charge on any atom is -0.493 e. The molecule has 33 heavy (non-hydrogen) atoms. The number of hydrogen-bond acceptors (Lipinski definition) is 8. The van der Waals surface area contributed by atoms with Gasteiger partial charge in [-0.15, -0.1) is 11.3 Å². The van der Waals surface area contributed by atoms with E-state index in [1.165, 1.54) is 11.3 Å². The van der Waals surface area contributed by atoms with Crippen LogP contribution in [-0.4, -0.2) is 54.2 Å². The van der Waals surface area contributed by atoms with Crippen molar-refractivity contribution in [3.05, 3.63) is 33.6 Å². The lowest BCUT2D eigenvalue weighted by Crippen LogP contribution is -2.40. The number of rotatable bonds is 10. The van der Waals surface area contributed by atoms with Crippen LogP contribution in [0.2, 0.25) is 0 Å². The van der Waals surface area contributed by atoms with Crippen molar-refractivity contribution in [2.45, 2.75) is 51.0 Å². The zero-order chi connectivity index (χ0) is 24.3. The van der Waals surface area contributed by atoms with Crippen molar-refractivity contribution in [2.24, 2.45) is 0 Å². The Balaban J connectivity index is 1.96. The van der Waals surface area contributed by atoms with Crippen molar-refractivity contribution < 1.29 is 29.7 Å². The number of carbonyl (C=O) groups excluding carboxylic acids is 1. The van der Waals surface area contributed by atoms with Crippen molar-refractivity contribution in [3.8, 4) is 5.88 Å². The Morgan fingerprint density at radius 1 is 1.21 bits per heavy atom. The molecular formula is C21H25N5O6S. The summed E-state index contributed by atoms with van der Waals surface area (Å²) in [7, 11) is 0. The minimum absolute atomic E-state index is 0.0574. The Kier molecular flexibility index (Phi) is 6.86. The van der Waals surface area contributed by atoms with Gasteiger partial charge in [-0.05, 0) is 37.0 Å². The van der Waals surface area contributed by atoms with Crippen LogP contribution in [0.1, 0.15) is 59.6 Å². The van der Waals surface area contributed by atoms with E-state index in [9.17, 15) is 24.6 Å². The lowest BCUT2D eigenvalue weighted by Gasteiger charge is -2.30. The fraction of sp³-hybridized carbons (Fsp3) is 0.381. The number of aromatic nitrogens is 3. The number of aromatic hydroxyl groups is 1.